The Bertz CT molecular complexity index is 729. The molecule has 1 fully saturated rings. The van der Waals surface area contributed by atoms with E-state index in [9.17, 15) is 20.1 Å². The molecule has 0 saturated carbocycles. The lowest BCUT2D eigenvalue weighted by atomic mass is 10.1. The first-order valence-electron chi connectivity index (χ1n) is 9.80. The van der Waals surface area contributed by atoms with Crippen LogP contribution in [0, 0.1) is 0 Å². The Hall–Kier alpha value is -1.66. The fraction of sp³-hybridized carbons (Fsp3) is 0.722. The summed E-state index contributed by atoms with van der Waals surface area (Å²) in [5.41, 5.74) is 1.22. The number of rotatable bonds is 9. The number of ether oxygens (including phenoxy) is 1. The first-order chi connectivity index (χ1) is 13.9. The minimum Gasteiger partial charge on any atom is -0.395 e. The highest BCUT2D eigenvalue weighted by atomic mass is 32.2. The van der Waals surface area contributed by atoms with Crippen LogP contribution < -0.4 is 0 Å². The molecule has 0 radical (unpaired) electrons. The van der Waals surface area contributed by atoms with Crippen molar-refractivity contribution in [1.29, 1.82) is 0 Å². The van der Waals surface area contributed by atoms with Crippen LogP contribution in [0.1, 0.15) is 32.4 Å². The number of aliphatic hydroxyl groups is 3. The van der Waals surface area contributed by atoms with Gasteiger partial charge in [0.2, 0.25) is 6.35 Å². The first kappa shape index (κ1) is 22.0. The van der Waals surface area contributed by atoms with Crippen molar-refractivity contribution in [2.45, 2.75) is 62.9 Å². The highest BCUT2D eigenvalue weighted by molar-refractivity contribution is 8.00. The van der Waals surface area contributed by atoms with E-state index in [0.29, 0.717) is 17.7 Å². The lowest BCUT2D eigenvalue weighted by Gasteiger charge is -2.42. The molecule has 11 heteroatoms. The lowest BCUT2D eigenvalue weighted by Crippen LogP contribution is -2.55. The summed E-state index contributed by atoms with van der Waals surface area (Å²) in [6.45, 7) is 5.16. The van der Waals surface area contributed by atoms with E-state index >= 15 is 0 Å². The van der Waals surface area contributed by atoms with Crippen LogP contribution in [-0.4, -0.2) is 88.9 Å². The van der Waals surface area contributed by atoms with E-state index in [1.54, 1.807) is 22.7 Å². The highest BCUT2D eigenvalue weighted by Crippen LogP contribution is 2.38. The van der Waals surface area contributed by atoms with Gasteiger partial charge in [0, 0.05) is 31.3 Å². The third-order valence-electron chi connectivity index (χ3n) is 4.97. The summed E-state index contributed by atoms with van der Waals surface area (Å²) in [4.78, 5) is 15.5. The molecule has 2 aliphatic rings. The van der Waals surface area contributed by atoms with Crippen LogP contribution in [0.25, 0.3) is 0 Å². The molecule has 4 atom stereocenters. The van der Waals surface area contributed by atoms with Gasteiger partial charge in [0.1, 0.15) is 5.69 Å². The first-order valence-corrected chi connectivity index (χ1v) is 10.7. The van der Waals surface area contributed by atoms with Gasteiger partial charge >= 0.3 is 0 Å². The number of aryl methyl sites for hydroxylation is 1. The number of hydrogen-bond donors (Lipinski definition) is 3. The predicted octanol–water partition coefficient (Wildman–Crippen LogP) is -0.287. The van der Waals surface area contributed by atoms with Crippen molar-refractivity contribution in [3.63, 3.8) is 0 Å². The van der Waals surface area contributed by atoms with Gasteiger partial charge < -0.3 is 25.0 Å². The molecule has 1 aromatic heterocycles. The monoisotopic (exact) mass is 427 g/mol. The molecular weight excluding hydrogens is 398 g/mol. The number of thioether (sulfide) groups is 1. The van der Waals surface area contributed by atoms with Crippen LogP contribution in [0.2, 0.25) is 0 Å². The third kappa shape index (κ3) is 5.10. The Labute approximate surface area is 174 Å². The number of nitrogens with zero attached hydrogens (tertiary/aromatic N) is 5. The molecular formula is C18H29N5O5S. The summed E-state index contributed by atoms with van der Waals surface area (Å²) >= 11 is 1.40. The van der Waals surface area contributed by atoms with Crippen molar-refractivity contribution < 1.29 is 24.9 Å². The van der Waals surface area contributed by atoms with Gasteiger partial charge in [-0.1, -0.05) is 12.1 Å². The molecule has 1 saturated heterocycles. The Morgan fingerprint density at radius 2 is 2.14 bits per heavy atom. The molecule has 162 valence electrons. The Balaban J connectivity index is 1.54. The van der Waals surface area contributed by atoms with Gasteiger partial charge in [-0.25, -0.2) is 0 Å². The number of carbonyl (C=O) groups excluding carboxylic acids is 1. The molecule has 0 aromatic carbocycles. The second kappa shape index (κ2) is 9.90. The average molecular weight is 428 g/mol. The van der Waals surface area contributed by atoms with Crippen LogP contribution in [0.4, 0.5) is 0 Å². The van der Waals surface area contributed by atoms with Gasteiger partial charge in [0.15, 0.2) is 0 Å². The number of aliphatic hydroxyl groups excluding tert-OH is 3. The number of aromatic nitrogens is 3. The van der Waals surface area contributed by atoms with Crippen LogP contribution in [-0.2, 0) is 22.7 Å². The standard InChI is InChI=1S/C18H29N5O5S/c1-3-4-21-9-13(19-20-21)11-28-6-5-22-17(26)12(2)8-23(18(22)27)16-7-14(25)15(10-24)29-16/h8-9,14-16,18,24-25,27H,3-7,10-11H2,1-2H3/t14?,15-,16?,18?/m1/s1. The van der Waals surface area contributed by atoms with Crippen LogP contribution >= 0.6 is 11.8 Å². The van der Waals surface area contributed by atoms with Crippen LogP contribution in [0.5, 0.6) is 0 Å². The molecule has 10 nitrogen and oxygen atoms in total. The van der Waals surface area contributed by atoms with Gasteiger partial charge in [0.05, 0.1) is 42.7 Å². The smallest absolute Gasteiger partial charge is 0.254 e. The van der Waals surface area contributed by atoms with E-state index in [1.165, 1.54) is 16.7 Å². The molecule has 0 spiro atoms. The second-order valence-electron chi connectivity index (χ2n) is 7.24. The minimum atomic E-state index is -1.15. The number of hydrogen-bond acceptors (Lipinski definition) is 9. The third-order valence-corrected chi connectivity index (χ3v) is 6.53. The van der Waals surface area contributed by atoms with E-state index < -0.39 is 12.5 Å². The zero-order chi connectivity index (χ0) is 21.0. The molecule has 29 heavy (non-hydrogen) atoms. The summed E-state index contributed by atoms with van der Waals surface area (Å²) in [5.74, 6) is -0.256. The molecule has 1 aromatic rings. The average Bonchev–Trinajstić information content (AvgIpc) is 3.30. The second-order valence-corrected chi connectivity index (χ2v) is 8.67. The van der Waals surface area contributed by atoms with Crippen molar-refractivity contribution in [3.05, 3.63) is 23.7 Å². The van der Waals surface area contributed by atoms with Crippen molar-refractivity contribution in [2.24, 2.45) is 0 Å². The molecule has 1 amide bonds. The van der Waals surface area contributed by atoms with Crippen LogP contribution in [0.3, 0.4) is 0 Å². The zero-order valence-electron chi connectivity index (χ0n) is 16.7. The maximum atomic E-state index is 12.5. The normalized spacial score (nSPS) is 27.6. The summed E-state index contributed by atoms with van der Waals surface area (Å²) in [6, 6.07) is 0. The van der Waals surface area contributed by atoms with E-state index in [4.69, 9.17) is 4.74 Å². The summed E-state index contributed by atoms with van der Waals surface area (Å²) < 4.78 is 7.38. The molecule has 3 heterocycles. The van der Waals surface area contributed by atoms with E-state index in [0.717, 1.165) is 13.0 Å². The van der Waals surface area contributed by atoms with Gasteiger partial charge in [-0.2, -0.15) is 0 Å². The quantitative estimate of drug-likeness (QED) is 0.456. The molecule has 3 unspecified atom stereocenters. The largest absolute Gasteiger partial charge is 0.395 e. The summed E-state index contributed by atoms with van der Waals surface area (Å²) in [5, 5.41) is 37.7. The zero-order valence-corrected chi connectivity index (χ0v) is 17.5. The fourth-order valence-corrected chi connectivity index (χ4v) is 4.83. The molecule has 3 N–H and O–H groups in total. The highest BCUT2D eigenvalue weighted by Gasteiger charge is 2.41. The van der Waals surface area contributed by atoms with Crippen LogP contribution in [0.15, 0.2) is 18.0 Å². The maximum Gasteiger partial charge on any atom is 0.254 e. The number of amides is 1. The maximum absolute atomic E-state index is 12.5. The van der Waals surface area contributed by atoms with Crippen molar-refractivity contribution in [3.8, 4) is 0 Å². The molecule has 0 bridgehead atoms. The Morgan fingerprint density at radius 3 is 2.83 bits per heavy atom. The summed E-state index contributed by atoms with van der Waals surface area (Å²) in [6.07, 6.45) is 3.04. The molecule has 2 aliphatic heterocycles. The van der Waals surface area contributed by atoms with E-state index in [2.05, 4.69) is 17.2 Å². The summed E-state index contributed by atoms with van der Waals surface area (Å²) in [7, 11) is 0. The van der Waals surface area contributed by atoms with Crippen molar-refractivity contribution >= 4 is 17.7 Å². The Kier molecular flexibility index (Phi) is 7.52. The Morgan fingerprint density at radius 1 is 1.34 bits per heavy atom. The lowest BCUT2D eigenvalue weighted by molar-refractivity contribution is -0.157. The van der Waals surface area contributed by atoms with Gasteiger partial charge in [-0.3, -0.25) is 14.4 Å². The van der Waals surface area contributed by atoms with Gasteiger partial charge in [0.25, 0.3) is 5.91 Å². The van der Waals surface area contributed by atoms with E-state index in [-0.39, 0.29) is 42.9 Å². The SMILES string of the molecule is CCCn1cc(COCCN2C(=O)C(C)=CN(C3CC(O)[C@@H](CO)S3)C2O)nn1. The van der Waals surface area contributed by atoms with Crippen molar-refractivity contribution in [1.82, 2.24) is 24.8 Å². The van der Waals surface area contributed by atoms with Gasteiger partial charge in [-0.15, -0.1) is 16.9 Å². The van der Waals surface area contributed by atoms with Crippen molar-refractivity contribution in [2.75, 3.05) is 19.8 Å². The van der Waals surface area contributed by atoms with E-state index in [1.807, 2.05) is 6.20 Å². The topological polar surface area (TPSA) is 124 Å². The number of carbonyl (C=O) groups is 1. The minimum absolute atomic E-state index is 0.131. The predicted molar refractivity (Wildman–Crippen MR) is 106 cm³/mol. The molecule has 3 rings (SSSR count). The molecule has 0 aliphatic carbocycles. The fourth-order valence-electron chi connectivity index (χ4n) is 3.43. The van der Waals surface area contributed by atoms with Gasteiger partial charge in [-0.05, 0) is 13.3 Å².